The molecule has 0 spiro atoms. The Morgan fingerprint density at radius 3 is 2.16 bits per heavy atom. The van der Waals surface area contributed by atoms with E-state index in [4.69, 9.17) is 9.76 Å². The Kier molecular flexibility index (Phi) is 6.65. The van der Waals surface area contributed by atoms with Crippen LogP contribution in [-0.2, 0) is 10.1 Å². The van der Waals surface area contributed by atoms with Gasteiger partial charge in [-0.15, -0.1) is 0 Å². The number of allylic oxidation sites excluding steroid dienone is 4. The normalized spacial score (nSPS) is 16.0. The summed E-state index contributed by atoms with van der Waals surface area (Å²) in [5.74, 6) is -1.80. The number of carbonyl (C=O) groups excluding carboxylic acids is 1. The van der Waals surface area contributed by atoms with E-state index in [1.807, 2.05) is 0 Å². The average Bonchev–Trinajstić information content (AvgIpc) is 2.54. The molecule has 0 radical (unpaired) electrons. The number of hydrogen-bond donors (Lipinski definition) is 2. The Morgan fingerprint density at radius 1 is 1.20 bits per heavy atom. The van der Waals surface area contributed by atoms with Crippen molar-refractivity contribution in [1.82, 2.24) is 0 Å². The summed E-state index contributed by atoms with van der Waals surface area (Å²) >= 11 is 0. The molecular weight excluding hydrogens is 363 g/mol. The predicted octanol–water partition coefficient (Wildman–Crippen LogP) is 3.29. The van der Waals surface area contributed by atoms with Crippen molar-refractivity contribution in [3.63, 3.8) is 0 Å². The van der Waals surface area contributed by atoms with Gasteiger partial charge in [-0.2, -0.15) is 21.6 Å². The summed E-state index contributed by atoms with van der Waals surface area (Å²) < 4.78 is 65.5. The third kappa shape index (κ3) is 6.16. The van der Waals surface area contributed by atoms with Gasteiger partial charge in [0.1, 0.15) is 10.6 Å². The number of alkyl halides is 3. The molecule has 0 bridgehead atoms. The number of oxime groups is 1. The van der Waals surface area contributed by atoms with Crippen LogP contribution in [0.4, 0.5) is 13.2 Å². The predicted molar refractivity (Wildman–Crippen MR) is 84.2 cm³/mol. The fourth-order valence-corrected chi connectivity index (χ4v) is 2.40. The summed E-state index contributed by atoms with van der Waals surface area (Å²) in [7, 11) is -4.27. The van der Waals surface area contributed by atoms with Crippen LogP contribution < -0.4 is 0 Å². The van der Waals surface area contributed by atoms with Gasteiger partial charge in [0.15, 0.2) is 0 Å². The van der Waals surface area contributed by atoms with Gasteiger partial charge in [0.05, 0.1) is 0 Å². The molecule has 6 nitrogen and oxygen atoms in total. The summed E-state index contributed by atoms with van der Waals surface area (Å²) in [6.07, 6.45) is -0.327. The number of aryl methyl sites for hydroxylation is 1. The van der Waals surface area contributed by atoms with Gasteiger partial charge in [0.2, 0.25) is 0 Å². The van der Waals surface area contributed by atoms with Crippen molar-refractivity contribution in [2.75, 3.05) is 0 Å². The molecule has 136 valence electrons. The molecule has 2 rings (SSSR count). The Balaban J connectivity index is 0.000000251. The third-order valence-electron chi connectivity index (χ3n) is 2.95. The second-order valence-corrected chi connectivity index (χ2v) is 6.27. The molecule has 1 aliphatic rings. The van der Waals surface area contributed by atoms with E-state index in [9.17, 15) is 26.4 Å². The summed E-state index contributed by atoms with van der Waals surface area (Å²) in [5, 5.41) is 11.1. The second-order valence-electron chi connectivity index (χ2n) is 4.88. The van der Waals surface area contributed by atoms with Crippen molar-refractivity contribution in [2.24, 2.45) is 5.16 Å². The number of nitrogens with zero attached hydrogens (tertiary/aromatic N) is 1. The summed E-state index contributed by atoms with van der Waals surface area (Å²) in [5.41, 5.74) is 0.442. The van der Waals surface area contributed by atoms with E-state index in [1.54, 1.807) is 13.0 Å². The zero-order valence-corrected chi connectivity index (χ0v) is 13.7. The molecule has 0 saturated carbocycles. The summed E-state index contributed by atoms with van der Waals surface area (Å²) in [4.78, 5) is 10.3. The minimum Gasteiger partial charge on any atom is -0.411 e. The first-order valence-corrected chi connectivity index (χ1v) is 8.14. The lowest BCUT2D eigenvalue weighted by atomic mass is 10.1. The van der Waals surface area contributed by atoms with E-state index in [2.05, 4.69) is 5.16 Å². The van der Waals surface area contributed by atoms with E-state index in [1.165, 1.54) is 36.4 Å². The molecule has 0 unspecified atom stereocenters. The summed E-state index contributed by atoms with van der Waals surface area (Å²) in [6, 6.07) is 5.29. The molecule has 0 heterocycles. The molecule has 0 saturated heterocycles. The molecule has 1 aliphatic carbocycles. The van der Waals surface area contributed by atoms with Crippen molar-refractivity contribution in [2.45, 2.75) is 19.5 Å². The zero-order valence-electron chi connectivity index (χ0n) is 12.9. The van der Waals surface area contributed by atoms with Gasteiger partial charge in [-0.3, -0.25) is 9.35 Å². The summed E-state index contributed by atoms with van der Waals surface area (Å²) in [6.45, 7) is 1.74. The SMILES string of the molecule is Cc1ccc(C(=O)C(F)(F)F)cc1.O=S(=O)(O)C1=CC=CCC1=NO. The molecule has 25 heavy (non-hydrogen) atoms. The third-order valence-corrected chi connectivity index (χ3v) is 3.88. The maximum atomic E-state index is 11.9. The highest BCUT2D eigenvalue weighted by Crippen LogP contribution is 2.21. The van der Waals surface area contributed by atoms with Crippen LogP contribution >= 0.6 is 0 Å². The van der Waals surface area contributed by atoms with Gasteiger partial charge < -0.3 is 5.21 Å². The molecule has 2 N–H and O–H groups in total. The topological polar surface area (TPSA) is 104 Å². The first kappa shape index (κ1) is 20.6. The van der Waals surface area contributed by atoms with E-state index >= 15 is 0 Å². The highest BCUT2D eigenvalue weighted by atomic mass is 32.2. The van der Waals surface area contributed by atoms with Gasteiger partial charge >= 0.3 is 6.18 Å². The largest absolute Gasteiger partial charge is 0.454 e. The fraction of sp³-hybridized carbons (Fsp3) is 0.200. The van der Waals surface area contributed by atoms with Crippen LogP contribution in [0.2, 0.25) is 0 Å². The van der Waals surface area contributed by atoms with E-state index in [-0.39, 0.29) is 22.6 Å². The second kappa shape index (κ2) is 8.08. The van der Waals surface area contributed by atoms with E-state index in [0.717, 1.165) is 5.56 Å². The number of rotatable bonds is 2. The van der Waals surface area contributed by atoms with Crippen molar-refractivity contribution < 1.29 is 36.1 Å². The first-order chi connectivity index (χ1) is 11.5. The molecule has 0 aromatic heterocycles. The standard InChI is InChI=1S/C9H7F3O.C6H7NO4S/c1-6-2-4-7(5-3-6)8(13)9(10,11)12;8-7-5-3-1-2-4-6(5)12(9,10)11/h2-5H,1H3;1-2,4,8H,3H2,(H,9,10,11). The quantitative estimate of drug-likeness (QED) is 0.356. The monoisotopic (exact) mass is 377 g/mol. The van der Waals surface area contributed by atoms with Gasteiger partial charge in [-0.25, -0.2) is 0 Å². The van der Waals surface area contributed by atoms with Gasteiger partial charge in [-0.1, -0.05) is 47.1 Å². The molecule has 1 aromatic carbocycles. The van der Waals surface area contributed by atoms with Gasteiger partial charge in [-0.05, 0) is 13.0 Å². The molecule has 1 aromatic rings. The lowest BCUT2D eigenvalue weighted by Gasteiger charge is -2.06. The maximum Gasteiger partial charge on any atom is 0.454 e. The van der Waals surface area contributed by atoms with Crippen LogP contribution in [0, 0.1) is 6.92 Å². The van der Waals surface area contributed by atoms with Crippen LogP contribution in [-0.4, -0.2) is 35.8 Å². The number of carbonyl (C=O) groups is 1. The van der Waals surface area contributed by atoms with Crippen molar-refractivity contribution in [3.05, 3.63) is 58.5 Å². The van der Waals surface area contributed by atoms with Crippen LogP contribution in [0.3, 0.4) is 0 Å². The van der Waals surface area contributed by atoms with Crippen LogP contribution in [0.25, 0.3) is 0 Å². The molecule has 0 aliphatic heterocycles. The van der Waals surface area contributed by atoms with Crippen molar-refractivity contribution >= 4 is 21.6 Å². The van der Waals surface area contributed by atoms with E-state index in [0.29, 0.717) is 0 Å². The fourth-order valence-electron chi connectivity index (χ4n) is 1.73. The minimum absolute atomic E-state index is 0.0556. The Hall–Kier alpha value is -2.46. The lowest BCUT2D eigenvalue weighted by Crippen LogP contribution is -2.22. The van der Waals surface area contributed by atoms with Crippen molar-refractivity contribution in [3.8, 4) is 0 Å². The zero-order chi connectivity index (χ0) is 19.3. The Morgan fingerprint density at radius 2 is 1.76 bits per heavy atom. The lowest BCUT2D eigenvalue weighted by molar-refractivity contribution is -0.0885. The molecule has 0 amide bonds. The average molecular weight is 377 g/mol. The van der Waals surface area contributed by atoms with Crippen LogP contribution in [0.1, 0.15) is 22.3 Å². The Labute approximate surface area is 141 Å². The number of hydrogen-bond acceptors (Lipinski definition) is 5. The first-order valence-electron chi connectivity index (χ1n) is 6.70. The number of ketones is 1. The molecule has 10 heteroatoms. The number of halogens is 3. The highest BCUT2D eigenvalue weighted by molar-refractivity contribution is 7.90. The van der Waals surface area contributed by atoms with Crippen LogP contribution in [0.15, 0.2) is 52.6 Å². The van der Waals surface area contributed by atoms with Gasteiger partial charge in [0, 0.05) is 12.0 Å². The van der Waals surface area contributed by atoms with Gasteiger partial charge in [0.25, 0.3) is 15.9 Å². The maximum absolute atomic E-state index is 11.9. The van der Waals surface area contributed by atoms with Crippen molar-refractivity contribution in [1.29, 1.82) is 0 Å². The number of benzene rings is 1. The molecule has 0 fully saturated rings. The smallest absolute Gasteiger partial charge is 0.411 e. The molecule has 0 atom stereocenters. The van der Waals surface area contributed by atoms with E-state index < -0.39 is 22.1 Å². The highest BCUT2D eigenvalue weighted by Gasteiger charge is 2.38. The number of Topliss-reactive ketones (excluding diaryl/α,β-unsaturated/α-hetero) is 1. The van der Waals surface area contributed by atoms with Crippen LogP contribution in [0.5, 0.6) is 0 Å². The Bertz CT molecular complexity index is 822. The minimum atomic E-state index is -4.78. The molecular formula is C15H14F3NO5S.